The van der Waals surface area contributed by atoms with Crippen molar-refractivity contribution in [2.24, 2.45) is 0 Å². The number of aliphatic carboxylic acids is 4. The van der Waals surface area contributed by atoms with Crippen molar-refractivity contribution in [2.45, 2.75) is 27.7 Å². The fourth-order valence-electron chi connectivity index (χ4n) is 0. The maximum absolute atomic E-state index is 9.00. The molecule has 0 aliphatic heterocycles. The molecule has 0 unspecified atom stereocenters. The Balaban J connectivity index is -0.0000000257. The molecule has 0 bridgehead atoms. The van der Waals surface area contributed by atoms with Crippen molar-refractivity contribution < 1.29 is 71.3 Å². The van der Waals surface area contributed by atoms with Gasteiger partial charge in [0.25, 0.3) is 23.9 Å². The predicted molar refractivity (Wildman–Crippen MR) is 56.9 cm³/mol. The first-order valence-electron chi connectivity index (χ1n) is 3.71. The van der Waals surface area contributed by atoms with Crippen LogP contribution >= 0.6 is 0 Å². The first-order valence-corrected chi connectivity index (χ1v) is 3.71. The molecule has 0 heterocycles. The van der Waals surface area contributed by atoms with Crippen LogP contribution in [-0.4, -0.2) is 49.8 Å². The van der Waals surface area contributed by atoms with E-state index in [2.05, 4.69) is 0 Å². The molecule has 0 amide bonds. The zero-order chi connectivity index (χ0) is 14.3. The number of hydrogen-bond acceptors (Lipinski definition) is 4. The summed E-state index contributed by atoms with van der Waals surface area (Å²) in [5.41, 5.74) is 0. The van der Waals surface area contributed by atoms with Crippen LogP contribution in [0.4, 0.5) is 0 Å². The molecule has 0 aromatic rings. The van der Waals surface area contributed by atoms with E-state index >= 15 is 0 Å². The zero-order valence-electron chi connectivity index (χ0n) is 10.4. The summed E-state index contributed by atoms with van der Waals surface area (Å²) < 4.78 is 0. The third-order valence-electron chi connectivity index (χ3n) is 0. The molecule has 0 atom stereocenters. The summed E-state index contributed by atoms with van der Waals surface area (Å²) >= 11 is 0. The van der Waals surface area contributed by atoms with Crippen molar-refractivity contribution in [3.63, 3.8) is 0 Å². The molecular formula is C8H18O9Zr. The topological polar surface area (TPSA) is 181 Å². The van der Waals surface area contributed by atoms with Crippen LogP contribution in [0.5, 0.6) is 0 Å². The van der Waals surface area contributed by atoms with Gasteiger partial charge in [-0.25, -0.2) is 0 Å². The van der Waals surface area contributed by atoms with Gasteiger partial charge in [0.05, 0.1) is 0 Å². The van der Waals surface area contributed by atoms with Crippen molar-refractivity contribution in [1.29, 1.82) is 0 Å². The van der Waals surface area contributed by atoms with Crippen LogP contribution in [0.1, 0.15) is 27.7 Å². The minimum atomic E-state index is -0.833. The minimum Gasteiger partial charge on any atom is -0.481 e. The number of hydrogen-bond donors (Lipinski definition) is 4. The number of carbonyl (C=O) groups is 4. The van der Waals surface area contributed by atoms with Crippen LogP contribution in [0.25, 0.3) is 0 Å². The van der Waals surface area contributed by atoms with E-state index < -0.39 is 23.9 Å². The molecule has 9 nitrogen and oxygen atoms in total. The first-order chi connectivity index (χ1) is 6.93. The van der Waals surface area contributed by atoms with Gasteiger partial charge in [-0.3, -0.25) is 19.2 Å². The Kier molecular flexibility index (Phi) is 59.2. The number of carboxylic acids is 4. The van der Waals surface area contributed by atoms with Crippen LogP contribution in [0.15, 0.2) is 0 Å². The van der Waals surface area contributed by atoms with Gasteiger partial charge in [0.15, 0.2) is 0 Å². The Hall–Kier alpha value is -1.28. The molecule has 0 aromatic heterocycles. The molecule has 108 valence electrons. The smallest absolute Gasteiger partial charge is 0.300 e. The maximum Gasteiger partial charge on any atom is 0.300 e. The van der Waals surface area contributed by atoms with E-state index in [9.17, 15) is 0 Å². The molecular weight excluding hydrogens is 331 g/mol. The Labute approximate surface area is 123 Å². The predicted octanol–water partition coefficient (Wildman–Crippen LogP) is -0.464. The summed E-state index contributed by atoms with van der Waals surface area (Å²) in [6.07, 6.45) is 0. The standard InChI is InChI=1S/4C2H4O2.H2O.Zr/c4*1-2(3)4;;/h4*1H3,(H,3,4);1H2;. The molecule has 6 N–H and O–H groups in total. The SMILES string of the molecule is CC(=O)O.CC(=O)O.CC(=O)O.CC(=O)O.O.[Zr]. The van der Waals surface area contributed by atoms with E-state index in [1.807, 2.05) is 0 Å². The Morgan fingerprint density at radius 1 is 0.556 bits per heavy atom. The van der Waals surface area contributed by atoms with E-state index in [1.165, 1.54) is 0 Å². The molecule has 0 aromatic carbocycles. The molecule has 0 rings (SSSR count). The summed E-state index contributed by atoms with van der Waals surface area (Å²) in [5, 5.41) is 29.7. The molecule has 18 heavy (non-hydrogen) atoms. The molecule has 0 fully saturated rings. The number of rotatable bonds is 0. The van der Waals surface area contributed by atoms with Crippen molar-refractivity contribution in [1.82, 2.24) is 0 Å². The van der Waals surface area contributed by atoms with Gasteiger partial charge in [-0.1, -0.05) is 0 Å². The van der Waals surface area contributed by atoms with Crippen molar-refractivity contribution >= 4 is 23.9 Å². The minimum absolute atomic E-state index is 0. The second-order valence-corrected chi connectivity index (χ2v) is 2.08. The van der Waals surface area contributed by atoms with Crippen molar-refractivity contribution in [2.75, 3.05) is 0 Å². The van der Waals surface area contributed by atoms with Crippen LogP contribution in [0.2, 0.25) is 0 Å². The fourth-order valence-corrected chi connectivity index (χ4v) is 0. The van der Waals surface area contributed by atoms with Gasteiger partial charge in [0.2, 0.25) is 0 Å². The van der Waals surface area contributed by atoms with Crippen LogP contribution in [0, 0.1) is 0 Å². The largest absolute Gasteiger partial charge is 0.481 e. The summed E-state index contributed by atoms with van der Waals surface area (Å²) in [4.78, 5) is 36.0. The van der Waals surface area contributed by atoms with Crippen molar-refractivity contribution in [3.05, 3.63) is 0 Å². The Morgan fingerprint density at radius 3 is 0.556 bits per heavy atom. The molecule has 0 aliphatic rings. The van der Waals surface area contributed by atoms with Crippen LogP contribution in [-0.2, 0) is 45.4 Å². The van der Waals surface area contributed by atoms with Gasteiger partial charge in [-0.15, -0.1) is 0 Å². The van der Waals surface area contributed by atoms with Crippen LogP contribution < -0.4 is 0 Å². The molecule has 0 saturated heterocycles. The maximum atomic E-state index is 9.00. The van der Waals surface area contributed by atoms with Gasteiger partial charge in [0.1, 0.15) is 0 Å². The molecule has 0 spiro atoms. The summed E-state index contributed by atoms with van der Waals surface area (Å²) in [5.74, 6) is -3.33. The third kappa shape index (κ3) is 1700. The van der Waals surface area contributed by atoms with Crippen molar-refractivity contribution in [3.8, 4) is 0 Å². The Morgan fingerprint density at radius 2 is 0.556 bits per heavy atom. The van der Waals surface area contributed by atoms with Gasteiger partial charge >= 0.3 is 0 Å². The zero-order valence-corrected chi connectivity index (χ0v) is 12.9. The second kappa shape index (κ2) is 29.6. The normalized spacial score (nSPS) is 5.56. The second-order valence-electron chi connectivity index (χ2n) is 2.08. The summed E-state index contributed by atoms with van der Waals surface area (Å²) in [6, 6.07) is 0. The van der Waals surface area contributed by atoms with Gasteiger partial charge in [0, 0.05) is 53.9 Å². The quantitative estimate of drug-likeness (QED) is 0.453. The summed E-state index contributed by atoms with van der Waals surface area (Å²) in [6.45, 7) is 4.33. The van der Waals surface area contributed by atoms with E-state index in [-0.39, 0.29) is 31.7 Å². The van der Waals surface area contributed by atoms with E-state index in [1.54, 1.807) is 0 Å². The third-order valence-corrected chi connectivity index (χ3v) is 0. The average Bonchev–Trinajstić information content (AvgIpc) is 1.76. The molecule has 10 heteroatoms. The van der Waals surface area contributed by atoms with E-state index in [4.69, 9.17) is 39.6 Å². The molecule has 0 aliphatic carbocycles. The first kappa shape index (κ1) is 36.0. The van der Waals surface area contributed by atoms with Crippen LogP contribution in [0.3, 0.4) is 0 Å². The molecule has 0 saturated carbocycles. The van der Waals surface area contributed by atoms with Gasteiger partial charge in [-0.05, 0) is 0 Å². The molecule has 0 radical (unpaired) electrons. The number of carboxylic acid groups (broad SMARTS) is 4. The van der Waals surface area contributed by atoms with E-state index in [0.29, 0.717) is 0 Å². The Bertz CT molecular complexity index is 163. The monoisotopic (exact) mass is 348 g/mol. The average molecular weight is 349 g/mol. The fraction of sp³-hybridized carbons (Fsp3) is 0.500. The van der Waals surface area contributed by atoms with Gasteiger partial charge in [-0.2, -0.15) is 0 Å². The van der Waals surface area contributed by atoms with E-state index in [0.717, 1.165) is 27.7 Å². The van der Waals surface area contributed by atoms with Gasteiger partial charge < -0.3 is 25.9 Å². The summed E-state index contributed by atoms with van der Waals surface area (Å²) in [7, 11) is 0.